The Bertz CT molecular complexity index is 688. The van der Waals surface area contributed by atoms with Crippen LogP contribution in [0.1, 0.15) is 6.42 Å². The molecule has 3 rings (SSSR count). The van der Waals surface area contributed by atoms with Gasteiger partial charge in [-0.15, -0.1) is 0 Å². The Morgan fingerprint density at radius 3 is 2.89 bits per heavy atom. The van der Waals surface area contributed by atoms with Crippen LogP contribution in [0.3, 0.4) is 0 Å². The van der Waals surface area contributed by atoms with Crippen LogP contribution in [-0.4, -0.2) is 28.5 Å². The lowest BCUT2D eigenvalue weighted by Crippen LogP contribution is -2.49. The summed E-state index contributed by atoms with van der Waals surface area (Å²) in [6.45, 7) is 0.332. The maximum Gasteiger partial charge on any atom is 0.328 e. The minimum absolute atomic E-state index is 0.267. The van der Waals surface area contributed by atoms with Crippen LogP contribution >= 0.6 is 11.6 Å². The van der Waals surface area contributed by atoms with Crippen LogP contribution in [0.15, 0.2) is 24.4 Å². The van der Waals surface area contributed by atoms with E-state index in [1.165, 1.54) is 4.90 Å². The molecule has 0 radical (unpaired) electrons. The fourth-order valence-electron chi connectivity index (χ4n) is 1.93. The molecule has 7 heteroatoms. The van der Waals surface area contributed by atoms with Crippen molar-refractivity contribution in [1.82, 2.24) is 15.3 Å². The summed E-state index contributed by atoms with van der Waals surface area (Å²) in [6, 6.07) is 4.69. The topological polar surface area (TPSA) is 75.2 Å². The van der Waals surface area contributed by atoms with Crippen LogP contribution in [0.25, 0.3) is 11.0 Å². The second-order valence-corrected chi connectivity index (χ2v) is 4.51. The number of amides is 3. The molecule has 1 fully saturated rings. The number of pyridine rings is 2. The second kappa shape index (κ2) is 4.47. The molecule has 0 saturated carbocycles. The molecule has 0 atom stereocenters. The highest BCUT2D eigenvalue weighted by Crippen LogP contribution is 2.21. The van der Waals surface area contributed by atoms with Gasteiger partial charge in [-0.3, -0.25) is 20.0 Å². The van der Waals surface area contributed by atoms with Crippen molar-refractivity contribution in [2.24, 2.45) is 0 Å². The van der Waals surface area contributed by atoms with E-state index in [4.69, 9.17) is 11.6 Å². The monoisotopic (exact) mass is 276 g/mol. The summed E-state index contributed by atoms with van der Waals surface area (Å²) in [6.07, 6.45) is 1.85. The number of fused-ring (bicyclic) bond motifs is 1. The number of imide groups is 1. The van der Waals surface area contributed by atoms with Crippen LogP contribution in [-0.2, 0) is 4.79 Å². The van der Waals surface area contributed by atoms with E-state index in [0.717, 1.165) is 0 Å². The Morgan fingerprint density at radius 2 is 2.11 bits per heavy atom. The molecule has 2 aromatic rings. The van der Waals surface area contributed by atoms with Gasteiger partial charge in [-0.2, -0.15) is 0 Å². The normalized spacial score (nSPS) is 15.7. The third-order valence-electron chi connectivity index (χ3n) is 2.85. The maximum atomic E-state index is 11.7. The largest absolute Gasteiger partial charge is 0.328 e. The predicted molar refractivity (Wildman–Crippen MR) is 70.0 cm³/mol. The van der Waals surface area contributed by atoms with E-state index in [-0.39, 0.29) is 12.3 Å². The summed E-state index contributed by atoms with van der Waals surface area (Å²) >= 11 is 5.83. The Hall–Kier alpha value is -2.21. The van der Waals surface area contributed by atoms with Gasteiger partial charge in [0, 0.05) is 13.0 Å². The van der Waals surface area contributed by atoms with Gasteiger partial charge in [0.25, 0.3) is 0 Å². The number of hydrogen-bond donors (Lipinski definition) is 1. The Kier molecular flexibility index (Phi) is 2.79. The number of rotatable bonds is 1. The molecule has 0 unspecified atom stereocenters. The van der Waals surface area contributed by atoms with E-state index in [0.29, 0.717) is 28.4 Å². The first-order valence-electron chi connectivity index (χ1n) is 5.67. The third kappa shape index (κ3) is 2.22. The molecule has 6 nitrogen and oxygen atoms in total. The van der Waals surface area contributed by atoms with Gasteiger partial charge >= 0.3 is 6.03 Å². The van der Waals surface area contributed by atoms with Gasteiger partial charge in [0.15, 0.2) is 0 Å². The highest BCUT2D eigenvalue weighted by Gasteiger charge is 2.24. The number of nitrogens with zero attached hydrogens (tertiary/aromatic N) is 3. The van der Waals surface area contributed by atoms with Gasteiger partial charge in [-0.25, -0.2) is 9.78 Å². The lowest BCUT2D eigenvalue weighted by Gasteiger charge is -2.26. The van der Waals surface area contributed by atoms with E-state index in [1.807, 2.05) is 0 Å². The molecule has 0 aliphatic carbocycles. The van der Waals surface area contributed by atoms with Crippen molar-refractivity contribution in [3.63, 3.8) is 0 Å². The van der Waals surface area contributed by atoms with Crippen LogP contribution in [0.2, 0.25) is 5.15 Å². The van der Waals surface area contributed by atoms with E-state index < -0.39 is 6.03 Å². The highest BCUT2D eigenvalue weighted by molar-refractivity contribution is 6.29. The molecule has 0 spiro atoms. The summed E-state index contributed by atoms with van der Waals surface area (Å²) in [5.74, 6) is -0.267. The first-order valence-corrected chi connectivity index (χ1v) is 6.05. The zero-order chi connectivity index (χ0) is 13.4. The number of hydrogen-bond acceptors (Lipinski definition) is 4. The molecule has 1 saturated heterocycles. The molecule has 1 N–H and O–H groups in total. The van der Waals surface area contributed by atoms with E-state index in [9.17, 15) is 9.59 Å². The van der Waals surface area contributed by atoms with Crippen molar-refractivity contribution in [2.45, 2.75) is 6.42 Å². The summed E-state index contributed by atoms with van der Waals surface area (Å²) < 4.78 is 0. The molecule has 0 aromatic carbocycles. The van der Waals surface area contributed by atoms with Crippen molar-refractivity contribution >= 4 is 40.3 Å². The lowest BCUT2D eigenvalue weighted by atomic mass is 10.2. The Balaban J connectivity index is 2.01. The molecule has 3 heterocycles. The fourth-order valence-corrected chi connectivity index (χ4v) is 2.08. The molecular formula is C12H9ClN4O2. The van der Waals surface area contributed by atoms with Crippen LogP contribution in [0.4, 0.5) is 10.5 Å². The minimum Gasteiger partial charge on any atom is -0.292 e. The highest BCUT2D eigenvalue weighted by atomic mass is 35.5. The summed E-state index contributed by atoms with van der Waals surface area (Å²) in [4.78, 5) is 32.7. The Labute approximate surface area is 113 Å². The average Bonchev–Trinajstić information content (AvgIpc) is 2.38. The van der Waals surface area contributed by atoms with E-state index >= 15 is 0 Å². The zero-order valence-electron chi connectivity index (χ0n) is 9.76. The van der Waals surface area contributed by atoms with Crippen molar-refractivity contribution < 1.29 is 9.59 Å². The van der Waals surface area contributed by atoms with Gasteiger partial charge in [0.2, 0.25) is 5.91 Å². The van der Waals surface area contributed by atoms with E-state index in [2.05, 4.69) is 15.3 Å². The maximum absolute atomic E-state index is 11.7. The Morgan fingerprint density at radius 1 is 1.26 bits per heavy atom. The van der Waals surface area contributed by atoms with Crippen LogP contribution < -0.4 is 10.2 Å². The van der Waals surface area contributed by atoms with Gasteiger partial charge in [-0.05, 0) is 18.2 Å². The average molecular weight is 277 g/mol. The minimum atomic E-state index is -0.445. The SMILES string of the molecule is O=C1CCN(c2cnc3ccc(Cl)nc3c2)C(=O)N1. The van der Waals surface area contributed by atoms with Crippen molar-refractivity contribution in [3.05, 3.63) is 29.5 Å². The summed E-state index contributed by atoms with van der Waals surface area (Å²) in [5.41, 5.74) is 1.89. The molecule has 2 aromatic heterocycles. The second-order valence-electron chi connectivity index (χ2n) is 4.12. The number of anilines is 1. The smallest absolute Gasteiger partial charge is 0.292 e. The van der Waals surface area contributed by atoms with Gasteiger partial charge in [0.1, 0.15) is 5.15 Å². The fraction of sp³-hybridized carbons (Fsp3) is 0.167. The molecular weight excluding hydrogens is 268 g/mol. The number of aromatic nitrogens is 2. The van der Waals surface area contributed by atoms with Gasteiger partial charge < -0.3 is 0 Å². The summed E-state index contributed by atoms with van der Waals surface area (Å²) in [7, 11) is 0. The number of urea groups is 1. The van der Waals surface area contributed by atoms with Crippen molar-refractivity contribution in [3.8, 4) is 0 Å². The lowest BCUT2D eigenvalue weighted by molar-refractivity contribution is -0.120. The number of halogens is 1. The zero-order valence-corrected chi connectivity index (χ0v) is 10.5. The van der Waals surface area contributed by atoms with Crippen molar-refractivity contribution in [1.29, 1.82) is 0 Å². The standard InChI is InChI=1S/C12H9ClN4O2/c13-10-2-1-8-9(15-10)5-7(6-14-8)17-4-3-11(18)16-12(17)19/h1-2,5-6H,3-4H2,(H,16,18,19). The predicted octanol–water partition coefficient (Wildman–Crippen LogP) is 1.73. The van der Waals surface area contributed by atoms with Crippen LogP contribution in [0.5, 0.6) is 0 Å². The van der Waals surface area contributed by atoms with Crippen LogP contribution in [0, 0.1) is 0 Å². The first kappa shape index (κ1) is 11.9. The molecule has 1 aliphatic rings. The molecule has 19 heavy (non-hydrogen) atoms. The number of carbonyl (C=O) groups excluding carboxylic acids is 2. The molecule has 1 aliphatic heterocycles. The number of nitrogens with one attached hydrogen (secondary N) is 1. The van der Waals surface area contributed by atoms with Gasteiger partial charge in [-0.1, -0.05) is 11.6 Å². The molecule has 3 amide bonds. The molecule has 0 bridgehead atoms. The summed E-state index contributed by atoms with van der Waals surface area (Å²) in [5, 5.41) is 2.63. The van der Waals surface area contributed by atoms with E-state index in [1.54, 1.807) is 24.4 Å². The van der Waals surface area contributed by atoms with Crippen molar-refractivity contribution in [2.75, 3.05) is 11.4 Å². The quantitative estimate of drug-likeness (QED) is 0.805. The molecule has 96 valence electrons. The number of carbonyl (C=O) groups is 2. The van der Waals surface area contributed by atoms with Gasteiger partial charge in [0.05, 0.1) is 22.9 Å². The third-order valence-corrected chi connectivity index (χ3v) is 3.07. The first-order chi connectivity index (χ1) is 9.13.